The van der Waals surface area contributed by atoms with Crippen LogP contribution in [-0.2, 0) is 4.74 Å². The van der Waals surface area contributed by atoms with E-state index in [0.29, 0.717) is 5.92 Å². The zero-order chi connectivity index (χ0) is 10.7. The van der Waals surface area contributed by atoms with Gasteiger partial charge >= 0.3 is 0 Å². The summed E-state index contributed by atoms with van der Waals surface area (Å²) in [5.41, 5.74) is 0. The summed E-state index contributed by atoms with van der Waals surface area (Å²) >= 11 is 1.63. The quantitative estimate of drug-likeness (QED) is 0.835. The third-order valence-corrected chi connectivity index (χ3v) is 3.36. The average molecular weight is 214 g/mol. The van der Waals surface area contributed by atoms with Gasteiger partial charge in [-0.2, -0.15) is 0 Å². The first-order chi connectivity index (χ1) is 6.56. The number of aliphatic hydroxyl groups excluding tert-OH is 1. The number of aryl methyl sites for hydroxylation is 1. The molecule has 14 heavy (non-hydrogen) atoms. The molecule has 0 aliphatic carbocycles. The SMILES string of the molecule is COC(C(C)C)C(O)c1ccc(C)s1. The van der Waals surface area contributed by atoms with Gasteiger partial charge in [-0.05, 0) is 25.0 Å². The van der Waals surface area contributed by atoms with Gasteiger partial charge in [-0.15, -0.1) is 11.3 Å². The summed E-state index contributed by atoms with van der Waals surface area (Å²) in [6, 6.07) is 4.00. The molecular formula is C11H18O2S. The Morgan fingerprint density at radius 2 is 2.00 bits per heavy atom. The lowest BCUT2D eigenvalue weighted by Crippen LogP contribution is -2.25. The van der Waals surface area contributed by atoms with Crippen LogP contribution < -0.4 is 0 Å². The van der Waals surface area contributed by atoms with E-state index in [1.807, 2.05) is 19.1 Å². The highest BCUT2D eigenvalue weighted by Crippen LogP contribution is 2.29. The molecule has 2 unspecified atom stereocenters. The van der Waals surface area contributed by atoms with Crippen LogP contribution in [0.1, 0.15) is 29.7 Å². The summed E-state index contributed by atoms with van der Waals surface area (Å²) in [4.78, 5) is 2.21. The minimum atomic E-state index is -0.501. The van der Waals surface area contributed by atoms with E-state index in [4.69, 9.17) is 4.74 Å². The minimum Gasteiger partial charge on any atom is -0.385 e. The number of aliphatic hydroxyl groups is 1. The van der Waals surface area contributed by atoms with Crippen LogP contribution in [0.2, 0.25) is 0 Å². The molecule has 80 valence electrons. The van der Waals surface area contributed by atoms with Crippen molar-refractivity contribution >= 4 is 11.3 Å². The van der Waals surface area contributed by atoms with Gasteiger partial charge in [0.2, 0.25) is 0 Å². The smallest absolute Gasteiger partial charge is 0.114 e. The largest absolute Gasteiger partial charge is 0.385 e. The summed E-state index contributed by atoms with van der Waals surface area (Å²) in [6.07, 6.45) is -0.619. The van der Waals surface area contributed by atoms with Gasteiger partial charge in [0.05, 0.1) is 6.10 Å². The van der Waals surface area contributed by atoms with Crippen molar-refractivity contribution in [3.8, 4) is 0 Å². The molecule has 2 atom stereocenters. The van der Waals surface area contributed by atoms with E-state index in [1.54, 1.807) is 18.4 Å². The molecule has 0 fully saturated rings. The summed E-state index contributed by atoms with van der Waals surface area (Å²) in [5.74, 6) is 0.317. The van der Waals surface area contributed by atoms with Crippen molar-refractivity contribution in [2.45, 2.75) is 33.0 Å². The van der Waals surface area contributed by atoms with Crippen LogP contribution in [0, 0.1) is 12.8 Å². The number of rotatable bonds is 4. The average Bonchev–Trinajstić information content (AvgIpc) is 2.52. The molecule has 1 aromatic heterocycles. The van der Waals surface area contributed by atoms with Crippen molar-refractivity contribution in [2.24, 2.45) is 5.92 Å². The first-order valence-corrected chi connectivity index (χ1v) is 5.65. The highest BCUT2D eigenvalue weighted by atomic mass is 32.1. The predicted octanol–water partition coefficient (Wildman–Crippen LogP) is 2.76. The van der Waals surface area contributed by atoms with Crippen molar-refractivity contribution in [1.82, 2.24) is 0 Å². The molecule has 0 saturated heterocycles. The molecule has 0 aliphatic heterocycles. The van der Waals surface area contributed by atoms with Crippen LogP contribution in [0.3, 0.4) is 0 Å². The van der Waals surface area contributed by atoms with Crippen LogP contribution >= 0.6 is 11.3 Å². The van der Waals surface area contributed by atoms with Crippen molar-refractivity contribution in [2.75, 3.05) is 7.11 Å². The predicted molar refractivity (Wildman–Crippen MR) is 59.7 cm³/mol. The van der Waals surface area contributed by atoms with Crippen molar-refractivity contribution in [3.63, 3.8) is 0 Å². The Balaban J connectivity index is 2.77. The summed E-state index contributed by atoms with van der Waals surface area (Å²) in [5, 5.41) is 10.0. The molecule has 3 heteroatoms. The third-order valence-electron chi connectivity index (χ3n) is 2.29. The number of hydrogen-bond acceptors (Lipinski definition) is 3. The van der Waals surface area contributed by atoms with Crippen molar-refractivity contribution < 1.29 is 9.84 Å². The molecule has 0 spiro atoms. The van der Waals surface area contributed by atoms with Crippen LogP contribution in [0.25, 0.3) is 0 Å². The van der Waals surface area contributed by atoms with Gasteiger partial charge in [-0.25, -0.2) is 0 Å². The maximum Gasteiger partial charge on any atom is 0.114 e. The summed E-state index contributed by atoms with van der Waals surface area (Å²) in [6.45, 7) is 6.15. The highest BCUT2D eigenvalue weighted by Gasteiger charge is 2.24. The number of thiophene rings is 1. The first kappa shape index (κ1) is 11.7. The van der Waals surface area contributed by atoms with Gasteiger partial charge in [-0.3, -0.25) is 0 Å². The third kappa shape index (κ3) is 2.56. The maximum absolute atomic E-state index is 10.0. The van der Waals surface area contributed by atoms with Crippen LogP contribution in [0.15, 0.2) is 12.1 Å². The second kappa shape index (κ2) is 4.91. The molecule has 1 aromatic rings. The molecule has 0 bridgehead atoms. The Kier molecular flexibility index (Phi) is 4.11. The van der Waals surface area contributed by atoms with E-state index in [-0.39, 0.29) is 6.10 Å². The second-order valence-corrected chi connectivity index (χ2v) is 5.16. The summed E-state index contributed by atoms with van der Waals surface area (Å²) in [7, 11) is 1.65. The van der Waals surface area contributed by atoms with Gasteiger partial charge in [0.25, 0.3) is 0 Å². The molecule has 2 nitrogen and oxygen atoms in total. The molecule has 0 aromatic carbocycles. The number of ether oxygens (including phenoxy) is 1. The molecule has 0 aliphatic rings. The topological polar surface area (TPSA) is 29.5 Å². The fraction of sp³-hybridized carbons (Fsp3) is 0.636. The molecular weight excluding hydrogens is 196 g/mol. The van der Waals surface area contributed by atoms with E-state index < -0.39 is 6.10 Å². The lowest BCUT2D eigenvalue weighted by molar-refractivity contribution is -0.0374. The van der Waals surface area contributed by atoms with Gasteiger partial charge < -0.3 is 9.84 Å². The van der Waals surface area contributed by atoms with Crippen LogP contribution in [0.5, 0.6) is 0 Å². The van der Waals surface area contributed by atoms with Crippen molar-refractivity contribution in [3.05, 3.63) is 21.9 Å². The summed E-state index contributed by atoms with van der Waals surface area (Å²) < 4.78 is 5.29. The molecule has 0 radical (unpaired) electrons. The Morgan fingerprint density at radius 1 is 1.36 bits per heavy atom. The maximum atomic E-state index is 10.0. The van der Waals surface area contributed by atoms with E-state index in [9.17, 15) is 5.11 Å². The monoisotopic (exact) mass is 214 g/mol. The Hall–Kier alpha value is -0.380. The zero-order valence-corrected chi connectivity index (χ0v) is 9.97. The van der Waals surface area contributed by atoms with Crippen LogP contribution in [0.4, 0.5) is 0 Å². The highest BCUT2D eigenvalue weighted by molar-refractivity contribution is 7.12. The number of hydrogen-bond donors (Lipinski definition) is 1. The molecule has 1 N–H and O–H groups in total. The van der Waals surface area contributed by atoms with E-state index in [2.05, 4.69) is 13.8 Å². The fourth-order valence-corrected chi connectivity index (χ4v) is 2.44. The Morgan fingerprint density at radius 3 is 2.36 bits per heavy atom. The lowest BCUT2D eigenvalue weighted by atomic mass is 10.0. The molecule has 1 rings (SSSR count). The standard InChI is InChI=1S/C11H18O2S/c1-7(2)11(13-4)10(12)9-6-5-8(3)14-9/h5-7,10-12H,1-4H3. The Labute approximate surface area is 89.5 Å². The van der Waals surface area contributed by atoms with E-state index in [1.165, 1.54) is 4.88 Å². The number of methoxy groups -OCH3 is 1. The van der Waals surface area contributed by atoms with E-state index >= 15 is 0 Å². The van der Waals surface area contributed by atoms with Crippen molar-refractivity contribution in [1.29, 1.82) is 0 Å². The fourth-order valence-electron chi connectivity index (χ4n) is 1.54. The van der Waals surface area contributed by atoms with Gasteiger partial charge in [-0.1, -0.05) is 13.8 Å². The van der Waals surface area contributed by atoms with Gasteiger partial charge in [0.15, 0.2) is 0 Å². The molecule has 1 heterocycles. The zero-order valence-electron chi connectivity index (χ0n) is 9.15. The van der Waals surface area contributed by atoms with Crippen LogP contribution in [-0.4, -0.2) is 18.3 Å². The van der Waals surface area contributed by atoms with Gasteiger partial charge in [0, 0.05) is 16.9 Å². The molecule has 0 saturated carbocycles. The minimum absolute atomic E-state index is 0.118. The first-order valence-electron chi connectivity index (χ1n) is 4.83. The molecule has 0 amide bonds. The van der Waals surface area contributed by atoms with E-state index in [0.717, 1.165) is 4.88 Å². The second-order valence-electron chi connectivity index (χ2n) is 3.84. The van der Waals surface area contributed by atoms with Gasteiger partial charge in [0.1, 0.15) is 6.10 Å². The Bertz CT molecular complexity index is 281. The normalized spacial score (nSPS) is 15.9. The lowest BCUT2D eigenvalue weighted by Gasteiger charge is -2.24.